The van der Waals surface area contributed by atoms with Crippen molar-refractivity contribution >= 4 is 17.1 Å². The van der Waals surface area contributed by atoms with Crippen LogP contribution < -0.4 is 5.73 Å². The van der Waals surface area contributed by atoms with E-state index in [0.29, 0.717) is 35.2 Å². The van der Waals surface area contributed by atoms with Crippen LogP contribution in [0.25, 0.3) is 33.8 Å². The lowest BCUT2D eigenvalue weighted by atomic mass is 9.97. The normalized spacial score (nSPS) is 12.0. The lowest BCUT2D eigenvalue weighted by Crippen LogP contribution is -2.17. The van der Waals surface area contributed by atoms with E-state index in [1.165, 1.54) is 12.1 Å². The maximum absolute atomic E-state index is 13.2. The Morgan fingerprint density at radius 2 is 1.70 bits per heavy atom. The molecule has 0 atom stereocenters. The molecule has 0 amide bonds. The Balaban J connectivity index is 1.83. The highest BCUT2D eigenvalue weighted by Gasteiger charge is 2.19. The van der Waals surface area contributed by atoms with E-state index in [9.17, 15) is 4.39 Å². The first kappa shape index (κ1) is 17.1. The molecule has 3 aromatic heterocycles. The molecule has 0 bridgehead atoms. The van der Waals surface area contributed by atoms with Crippen LogP contribution in [-0.4, -0.2) is 29.9 Å². The molecule has 7 nitrogen and oxygen atoms in total. The summed E-state index contributed by atoms with van der Waals surface area (Å²) in [5.74, 6) is 0.133. The van der Waals surface area contributed by atoms with Gasteiger partial charge < -0.3 is 5.73 Å². The number of nitrogens with one attached hydrogen (secondary N) is 1. The molecule has 0 unspecified atom stereocenters. The van der Waals surface area contributed by atoms with Crippen LogP contribution in [0.3, 0.4) is 0 Å². The zero-order chi connectivity index (χ0) is 19.2. The highest BCUT2D eigenvalue weighted by Crippen LogP contribution is 2.30. The van der Waals surface area contributed by atoms with Crippen LogP contribution in [0.15, 0.2) is 36.4 Å². The van der Waals surface area contributed by atoms with E-state index in [1.807, 2.05) is 16.7 Å². The van der Waals surface area contributed by atoms with Crippen molar-refractivity contribution in [3.05, 3.63) is 42.2 Å². The molecule has 0 aliphatic heterocycles. The summed E-state index contributed by atoms with van der Waals surface area (Å²) in [6, 6.07) is 9.82. The van der Waals surface area contributed by atoms with Crippen molar-refractivity contribution in [2.75, 3.05) is 5.73 Å². The minimum atomic E-state index is -0.301. The summed E-state index contributed by atoms with van der Waals surface area (Å²) < 4.78 is 15.1. The van der Waals surface area contributed by atoms with Crippen molar-refractivity contribution in [2.24, 2.45) is 5.41 Å². The van der Waals surface area contributed by atoms with Gasteiger partial charge in [-0.25, -0.2) is 14.4 Å². The zero-order valence-electron chi connectivity index (χ0n) is 15.4. The Kier molecular flexibility index (Phi) is 3.91. The number of nitrogens with zero attached hydrogens (tertiary/aromatic N) is 5. The molecule has 1 aromatic carbocycles. The minimum Gasteiger partial charge on any atom is -0.369 e. The molecular formula is C19H20FN7. The molecule has 0 aliphatic rings. The topological polar surface area (TPSA) is 98.3 Å². The number of anilines is 1. The number of fused-ring (bicyclic) bond motifs is 1. The Hall–Kier alpha value is -3.29. The summed E-state index contributed by atoms with van der Waals surface area (Å²) in [5, 5.41) is 11.1. The number of nitrogen functional groups attached to an aromatic ring is 1. The van der Waals surface area contributed by atoms with Crippen molar-refractivity contribution in [1.29, 1.82) is 0 Å². The van der Waals surface area contributed by atoms with Crippen LogP contribution in [0.2, 0.25) is 0 Å². The van der Waals surface area contributed by atoms with Gasteiger partial charge in [0, 0.05) is 12.1 Å². The van der Waals surface area contributed by atoms with Gasteiger partial charge in [0.05, 0.1) is 5.69 Å². The smallest absolute Gasteiger partial charge is 0.202 e. The summed E-state index contributed by atoms with van der Waals surface area (Å²) in [7, 11) is 0. The lowest BCUT2D eigenvalue weighted by Gasteiger charge is -2.19. The van der Waals surface area contributed by atoms with Crippen molar-refractivity contribution in [2.45, 2.75) is 27.3 Å². The molecule has 0 fully saturated rings. The molecular weight excluding hydrogens is 345 g/mol. The van der Waals surface area contributed by atoms with E-state index in [-0.39, 0.29) is 11.2 Å². The van der Waals surface area contributed by atoms with Crippen LogP contribution in [0.1, 0.15) is 20.8 Å². The molecule has 27 heavy (non-hydrogen) atoms. The Bertz CT molecular complexity index is 1100. The molecule has 3 heterocycles. The fourth-order valence-corrected chi connectivity index (χ4v) is 3.00. The number of halogens is 1. The number of pyridine rings is 1. The number of aromatic amines is 1. The van der Waals surface area contributed by atoms with Crippen LogP contribution in [0.5, 0.6) is 0 Å². The number of aromatic nitrogens is 6. The van der Waals surface area contributed by atoms with Crippen LogP contribution >= 0.6 is 0 Å². The van der Waals surface area contributed by atoms with Gasteiger partial charge in [0.2, 0.25) is 5.95 Å². The van der Waals surface area contributed by atoms with Crippen LogP contribution in [0, 0.1) is 11.2 Å². The molecule has 3 N–H and O–H groups in total. The van der Waals surface area contributed by atoms with E-state index in [2.05, 4.69) is 41.2 Å². The molecule has 0 aliphatic carbocycles. The Morgan fingerprint density at radius 3 is 2.41 bits per heavy atom. The SMILES string of the molecule is CC(C)(C)Cn1c(N)nc2ccc(-c3n[nH]nc3-c3ccc(F)cc3)nc21. The second kappa shape index (κ2) is 6.15. The van der Waals surface area contributed by atoms with Gasteiger partial charge in [-0.15, -0.1) is 0 Å². The molecule has 0 saturated heterocycles. The van der Waals surface area contributed by atoms with Gasteiger partial charge in [0.1, 0.15) is 22.7 Å². The number of imidazole rings is 1. The number of hydrogen-bond donors (Lipinski definition) is 2. The Labute approximate surface area is 155 Å². The second-order valence-corrected chi connectivity index (χ2v) is 7.68. The maximum atomic E-state index is 13.2. The Morgan fingerprint density at radius 1 is 1.00 bits per heavy atom. The summed E-state index contributed by atoms with van der Waals surface area (Å²) in [4.78, 5) is 9.15. The first-order chi connectivity index (χ1) is 12.8. The van der Waals surface area contributed by atoms with Gasteiger partial charge in [-0.3, -0.25) is 4.57 Å². The van der Waals surface area contributed by atoms with Crippen molar-refractivity contribution in [3.8, 4) is 22.6 Å². The van der Waals surface area contributed by atoms with Crippen LogP contribution in [0.4, 0.5) is 10.3 Å². The van der Waals surface area contributed by atoms with E-state index in [4.69, 9.17) is 10.7 Å². The first-order valence-corrected chi connectivity index (χ1v) is 8.62. The summed E-state index contributed by atoms with van der Waals surface area (Å²) in [5.41, 5.74) is 10.2. The molecule has 0 spiro atoms. The quantitative estimate of drug-likeness (QED) is 0.577. The van der Waals surface area contributed by atoms with Gasteiger partial charge in [-0.2, -0.15) is 15.4 Å². The van der Waals surface area contributed by atoms with Crippen LogP contribution in [-0.2, 0) is 6.54 Å². The lowest BCUT2D eigenvalue weighted by molar-refractivity contribution is 0.350. The molecule has 4 rings (SSSR count). The van der Waals surface area contributed by atoms with E-state index in [0.717, 1.165) is 11.1 Å². The monoisotopic (exact) mass is 365 g/mol. The van der Waals surface area contributed by atoms with Crippen molar-refractivity contribution in [1.82, 2.24) is 29.9 Å². The number of benzene rings is 1. The van der Waals surface area contributed by atoms with E-state index >= 15 is 0 Å². The molecule has 138 valence electrons. The average molecular weight is 365 g/mol. The van der Waals surface area contributed by atoms with Gasteiger partial charge in [0.25, 0.3) is 0 Å². The first-order valence-electron chi connectivity index (χ1n) is 8.62. The molecule has 0 saturated carbocycles. The molecule has 0 radical (unpaired) electrons. The molecule has 8 heteroatoms. The summed E-state index contributed by atoms with van der Waals surface area (Å²) >= 11 is 0. The predicted molar refractivity (Wildman–Crippen MR) is 102 cm³/mol. The zero-order valence-corrected chi connectivity index (χ0v) is 15.4. The number of nitrogens with two attached hydrogens (primary N) is 1. The largest absolute Gasteiger partial charge is 0.369 e. The summed E-state index contributed by atoms with van der Waals surface area (Å²) in [6.45, 7) is 7.08. The highest BCUT2D eigenvalue weighted by atomic mass is 19.1. The standard InChI is InChI=1S/C19H20FN7/c1-19(2,3)10-27-17-14(23-18(27)21)9-8-13(22-17)16-15(24-26-25-16)11-4-6-12(20)7-5-11/h4-9H,10H2,1-3H3,(H2,21,23)(H,24,25,26). The van der Waals surface area contributed by atoms with Gasteiger partial charge in [0.15, 0.2) is 5.65 Å². The maximum Gasteiger partial charge on any atom is 0.202 e. The van der Waals surface area contributed by atoms with Gasteiger partial charge in [-0.1, -0.05) is 20.8 Å². The van der Waals surface area contributed by atoms with E-state index < -0.39 is 0 Å². The summed E-state index contributed by atoms with van der Waals surface area (Å²) in [6.07, 6.45) is 0. The van der Waals surface area contributed by atoms with Gasteiger partial charge in [-0.05, 0) is 41.8 Å². The third-order valence-electron chi connectivity index (χ3n) is 4.16. The fraction of sp³-hybridized carbons (Fsp3) is 0.263. The van der Waals surface area contributed by atoms with E-state index in [1.54, 1.807) is 12.1 Å². The number of H-pyrrole nitrogens is 1. The number of hydrogen-bond acceptors (Lipinski definition) is 5. The predicted octanol–water partition coefficient (Wildman–Crippen LogP) is 3.65. The second-order valence-electron chi connectivity index (χ2n) is 7.68. The van der Waals surface area contributed by atoms with Crippen molar-refractivity contribution < 1.29 is 4.39 Å². The molecule has 4 aromatic rings. The van der Waals surface area contributed by atoms with Gasteiger partial charge >= 0.3 is 0 Å². The fourth-order valence-electron chi connectivity index (χ4n) is 3.00. The minimum absolute atomic E-state index is 0.0204. The average Bonchev–Trinajstić information content (AvgIpc) is 3.20. The third kappa shape index (κ3) is 3.25. The number of rotatable bonds is 3. The third-order valence-corrected chi connectivity index (χ3v) is 4.16. The highest BCUT2D eigenvalue weighted by molar-refractivity contribution is 5.81. The van der Waals surface area contributed by atoms with Crippen molar-refractivity contribution in [3.63, 3.8) is 0 Å².